The van der Waals surface area contributed by atoms with Crippen LogP contribution in [0.4, 0.5) is 0 Å². The number of hydrogen-bond acceptors (Lipinski definition) is 1. The van der Waals surface area contributed by atoms with E-state index in [0.29, 0.717) is 0 Å². The molecule has 0 aromatic heterocycles. The molecule has 2 radical (unpaired) electrons. The second-order valence-corrected chi connectivity index (χ2v) is 1.25. The minimum absolute atomic E-state index is 0.144. The number of hydrogen-bond donors (Lipinski definition) is 1. The molecule has 8 heavy (non-hydrogen) atoms. The summed E-state index contributed by atoms with van der Waals surface area (Å²) in [6.07, 6.45) is 3.28. The quantitative estimate of drug-likeness (QED) is 0.386. The van der Waals surface area contributed by atoms with Gasteiger partial charge in [0, 0.05) is 0 Å². The number of carbonyl (C=O) groups is 1. The maximum atomic E-state index is 10.4. The van der Waals surface area contributed by atoms with Crippen molar-refractivity contribution >= 4 is 13.8 Å². The Morgan fingerprint density at radius 1 is 1.88 bits per heavy atom. The van der Waals surface area contributed by atoms with Gasteiger partial charge < -0.3 is 5.32 Å². The number of nitrogens with one attached hydrogen (secondary N) is 1. The molecule has 0 aromatic carbocycles. The van der Waals surface area contributed by atoms with Crippen LogP contribution in [0.3, 0.4) is 0 Å². The largest absolute Gasteiger partial charge is 0.362 e. The molecule has 0 aliphatic heterocycles. The summed E-state index contributed by atoms with van der Waals surface area (Å²) in [6.45, 7) is 1.77. The predicted octanol–water partition coefficient (Wildman–Crippen LogP) is -0.195. The summed E-state index contributed by atoms with van der Waals surface area (Å²) in [7, 11) is 4.99. The minimum atomic E-state index is -0.144. The molecule has 1 amide bonds. The summed E-state index contributed by atoms with van der Waals surface area (Å²) < 4.78 is 0. The van der Waals surface area contributed by atoms with Crippen LogP contribution in [0.15, 0.2) is 12.2 Å². The first-order valence-corrected chi connectivity index (χ1v) is 2.42. The lowest BCUT2D eigenvalue weighted by atomic mass is 10.2. The van der Waals surface area contributed by atoms with E-state index in [0.717, 1.165) is 0 Å². The van der Waals surface area contributed by atoms with Crippen molar-refractivity contribution in [1.29, 1.82) is 0 Å². The molecule has 0 atom stereocenters. The van der Waals surface area contributed by atoms with Crippen LogP contribution >= 0.6 is 0 Å². The third-order valence-corrected chi connectivity index (χ3v) is 0.594. The van der Waals surface area contributed by atoms with E-state index < -0.39 is 0 Å². The van der Waals surface area contributed by atoms with E-state index in [1.165, 1.54) is 6.08 Å². The molecule has 0 aliphatic rings. The van der Waals surface area contributed by atoms with Gasteiger partial charge in [0.1, 0.15) is 0 Å². The van der Waals surface area contributed by atoms with Crippen LogP contribution in [0.25, 0.3) is 0 Å². The second kappa shape index (κ2) is 4.43. The van der Waals surface area contributed by atoms with Gasteiger partial charge in [-0.2, -0.15) is 0 Å². The van der Waals surface area contributed by atoms with Gasteiger partial charge >= 0.3 is 0 Å². The smallest absolute Gasteiger partial charge is 0.242 e. The summed E-state index contributed by atoms with van der Waals surface area (Å²) in [5, 5.41) is 2.40. The Kier molecular flexibility index (Phi) is 4.03. The fraction of sp³-hybridized carbons (Fsp3) is 0.400. The molecular weight excluding hydrogens is 101 g/mol. The standard InChI is InChI=1S/C5H8BNO/c1-2-3-5(8)7-4-6/h2-3H,4H2,1H3,(H,7,8)/b3-2+. The molecule has 0 fully saturated rings. The van der Waals surface area contributed by atoms with E-state index in [-0.39, 0.29) is 12.4 Å². The van der Waals surface area contributed by atoms with Crippen LogP contribution in [0.5, 0.6) is 0 Å². The van der Waals surface area contributed by atoms with Crippen molar-refractivity contribution in [3.8, 4) is 0 Å². The highest BCUT2D eigenvalue weighted by Crippen LogP contribution is 1.67. The molecule has 2 nitrogen and oxygen atoms in total. The summed E-state index contributed by atoms with van der Waals surface area (Å²) in [5.41, 5.74) is 0. The van der Waals surface area contributed by atoms with Crippen LogP contribution in [0, 0.1) is 0 Å². The van der Waals surface area contributed by atoms with Crippen LogP contribution in [0.1, 0.15) is 6.92 Å². The van der Waals surface area contributed by atoms with Gasteiger partial charge in [0.2, 0.25) is 5.91 Å². The summed E-state index contributed by atoms with van der Waals surface area (Å²) in [4.78, 5) is 10.4. The molecule has 42 valence electrons. The predicted molar refractivity (Wildman–Crippen MR) is 33.6 cm³/mol. The van der Waals surface area contributed by atoms with Crippen molar-refractivity contribution in [1.82, 2.24) is 5.32 Å². The Morgan fingerprint density at radius 2 is 2.50 bits per heavy atom. The number of allylic oxidation sites excluding steroid dienone is 1. The van der Waals surface area contributed by atoms with Gasteiger partial charge in [0.05, 0.1) is 7.85 Å². The number of amides is 1. The van der Waals surface area contributed by atoms with Gasteiger partial charge in [0.15, 0.2) is 0 Å². The Morgan fingerprint density at radius 3 is 2.88 bits per heavy atom. The molecule has 0 aromatic rings. The first-order chi connectivity index (χ1) is 3.81. The summed E-state index contributed by atoms with van der Waals surface area (Å²) >= 11 is 0. The van der Waals surface area contributed by atoms with Gasteiger partial charge in [-0.3, -0.25) is 4.79 Å². The zero-order valence-electron chi connectivity index (χ0n) is 4.85. The Balaban J connectivity index is 3.33. The van der Waals surface area contributed by atoms with Gasteiger partial charge in [-0.1, -0.05) is 6.08 Å². The minimum Gasteiger partial charge on any atom is -0.362 e. The van der Waals surface area contributed by atoms with E-state index in [9.17, 15) is 4.79 Å². The fourth-order valence-corrected chi connectivity index (χ4v) is 0.311. The molecule has 0 heterocycles. The van der Waals surface area contributed by atoms with E-state index in [1.807, 2.05) is 0 Å². The van der Waals surface area contributed by atoms with Crippen molar-refractivity contribution in [2.45, 2.75) is 6.92 Å². The fourth-order valence-electron chi connectivity index (χ4n) is 0.311. The molecule has 1 N–H and O–H groups in total. The van der Waals surface area contributed by atoms with Gasteiger partial charge in [-0.15, -0.1) is 0 Å². The Labute approximate surface area is 50.4 Å². The zero-order valence-corrected chi connectivity index (χ0v) is 4.85. The first-order valence-electron chi connectivity index (χ1n) is 2.42. The van der Waals surface area contributed by atoms with Crippen LogP contribution in [0.2, 0.25) is 0 Å². The molecule has 0 rings (SSSR count). The zero-order chi connectivity index (χ0) is 6.41. The molecular formula is C5H8BNO. The highest BCUT2D eigenvalue weighted by Gasteiger charge is 1.85. The molecule has 0 saturated heterocycles. The van der Waals surface area contributed by atoms with Gasteiger partial charge in [-0.05, 0) is 19.4 Å². The second-order valence-electron chi connectivity index (χ2n) is 1.25. The lowest BCUT2D eigenvalue weighted by Gasteiger charge is -1.91. The van der Waals surface area contributed by atoms with Crippen molar-refractivity contribution in [3.05, 3.63) is 12.2 Å². The Hall–Kier alpha value is -0.725. The highest BCUT2D eigenvalue weighted by molar-refractivity contribution is 6.10. The topological polar surface area (TPSA) is 29.1 Å². The normalized spacial score (nSPS) is 9.62. The number of rotatable bonds is 2. The van der Waals surface area contributed by atoms with Crippen molar-refractivity contribution in [2.24, 2.45) is 0 Å². The average Bonchev–Trinajstić information content (AvgIpc) is 1.68. The molecule has 0 aliphatic carbocycles. The average molecular weight is 109 g/mol. The van der Waals surface area contributed by atoms with Crippen LogP contribution in [-0.2, 0) is 4.79 Å². The monoisotopic (exact) mass is 109 g/mol. The Bertz CT molecular complexity index is 101. The maximum absolute atomic E-state index is 10.4. The van der Waals surface area contributed by atoms with Crippen LogP contribution < -0.4 is 5.32 Å². The van der Waals surface area contributed by atoms with Gasteiger partial charge in [-0.25, -0.2) is 0 Å². The lowest BCUT2D eigenvalue weighted by Crippen LogP contribution is -2.21. The SMILES string of the molecule is [B]CNC(=O)/C=C/C. The van der Waals surface area contributed by atoms with Gasteiger partial charge in [0.25, 0.3) is 0 Å². The molecule has 3 heteroatoms. The lowest BCUT2D eigenvalue weighted by molar-refractivity contribution is -0.116. The summed E-state index contributed by atoms with van der Waals surface area (Å²) in [5.74, 6) is -0.144. The van der Waals surface area contributed by atoms with E-state index in [2.05, 4.69) is 5.32 Å². The summed E-state index contributed by atoms with van der Waals surface area (Å²) in [6, 6.07) is 0. The molecule has 0 unspecified atom stereocenters. The third-order valence-electron chi connectivity index (χ3n) is 0.594. The van der Waals surface area contributed by atoms with E-state index in [4.69, 9.17) is 7.85 Å². The third kappa shape index (κ3) is 3.46. The van der Waals surface area contributed by atoms with E-state index in [1.54, 1.807) is 13.0 Å². The molecule has 0 spiro atoms. The van der Waals surface area contributed by atoms with E-state index >= 15 is 0 Å². The number of carbonyl (C=O) groups excluding carboxylic acids is 1. The van der Waals surface area contributed by atoms with Crippen molar-refractivity contribution < 1.29 is 4.79 Å². The van der Waals surface area contributed by atoms with Crippen molar-refractivity contribution in [2.75, 3.05) is 6.44 Å². The molecule has 0 saturated carbocycles. The van der Waals surface area contributed by atoms with Crippen LogP contribution in [-0.4, -0.2) is 20.2 Å². The maximum Gasteiger partial charge on any atom is 0.242 e. The first kappa shape index (κ1) is 7.27. The molecule has 0 bridgehead atoms. The highest BCUT2D eigenvalue weighted by atomic mass is 16.1. The van der Waals surface area contributed by atoms with Crippen molar-refractivity contribution in [3.63, 3.8) is 0 Å².